The lowest BCUT2D eigenvalue weighted by Crippen LogP contribution is -2.17. The first-order valence-electron chi connectivity index (χ1n) is 10.2. The second kappa shape index (κ2) is 8.13. The molecule has 1 unspecified atom stereocenters. The van der Waals surface area contributed by atoms with Gasteiger partial charge < -0.3 is 14.2 Å². The Morgan fingerprint density at radius 3 is 2.20 bits per heavy atom. The van der Waals surface area contributed by atoms with Gasteiger partial charge in [0.1, 0.15) is 30.6 Å². The average molecular weight is 411 g/mol. The predicted octanol–water partition coefficient (Wildman–Crippen LogP) is 4.88. The zero-order valence-electron chi connectivity index (χ0n) is 18.6. The summed E-state index contributed by atoms with van der Waals surface area (Å²) in [5.74, 6) is 0.626. The molecule has 30 heavy (non-hydrogen) atoms. The molecular weight excluding hydrogens is 380 g/mol. The van der Waals surface area contributed by atoms with Crippen LogP contribution in [-0.2, 0) is 25.2 Å². The van der Waals surface area contributed by atoms with E-state index < -0.39 is 5.92 Å². The Labute approximate surface area is 178 Å². The van der Waals surface area contributed by atoms with Crippen molar-refractivity contribution in [3.63, 3.8) is 0 Å². The van der Waals surface area contributed by atoms with E-state index in [4.69, 9.17) is 9.47 Å². The van der Waals surface area contributed by atoms with Gasteiger partial charge in [-0.3, -0.25) is 9.59 Å². The third-order valence-corrected chi connectivity index (χ3v) is 5.29. The zero-order chi connectivity index (χ0) is 22.1. The molecule has 5 nitrogen and oxygen atoms in total. The molecule has 2 aromatic rings. The van der Waals surface area contributed by atoms with Crippen molar-refractivity contribution >= 4 is 12.4 Å². The molecular formula is C25H30O5. The van der Waals surface area contributed by atoms with E-state index in [-0.39, 0.29) is 30.0 Å². The minimum absolute atomic E-state index is 0.0491. The molecule has 0 aliphatic carbocycles. The van der Waals surface area contributed by atoms with Gasteiger partial charge in [0.15, 0.2) is 0 Å². The monoisotopic (exact) mass is 410 g/mol. The Bertz CT molecular complexity index is 930. The van der Waals surface area contributed by atoms with Gasteiger partial charge in [0.2, 0.25) is 0 Å². The van der Waals surface area contributed by atoms with Crippen molar-refractivity contribution in [1.29, 1.82) is 0 Å². The standard InChI is InChI=1S/C25H30O5/c1-24(2,3)17-13-19-21(23(27)30-22(19)20(14-17)25(4,5)6)16-7-9-18(10-8-16)29-12-11-28-15-26/h7-10,13-15,21H,11-12H2,1-6H3. The van der Waals surface area contributed by atoms with Crippen molar-refractivity contribution in [2.75, 3.05) is 13.2 Å². The summed E-state index contributed by atoms with van der Waals surface area (Å²) < 4.78 is 16.0. The molecule has 0 saturated heterocycles. The summed E-state index contributed by atoms with van der Waals surface area (Å²) in [4.78, 5) is 23.1. The number of rotatable bonds is 6. The van der Waals surface area contributed by atoms with Crippen molar-refractivity contribution in [3.8, 4) is 11.5 Å². The van der Waals surface area contributed by atoms with Gasteiger partial charge in [0.05, 0.1) is 0 Å². The van der Waals surface area contributed by atoms with Gasteiger partial charge >= 0.3 is 5.97 Å². The van der Waals surface area contributed by atoms with E-state index in [1.807, 2.05) is 24.3 Å². The molecule has 160 valence electrons. The van der Waals surface area contributed by atoms with E-state index in [0.717, 1.165) is 16.7 Å². The number of hydrogen-bond donors (Lipinski definition) is 0. The number of carbonyl (C=O) groups is 2. The van der Waals surface area contributed by atoms with Gasteiger partial charge in [0, 0.05) is 11.1 Å². The maximum absolute atomic E-state index is 12.9. The smallest absolute Gasteiger partial charge is 0.323 e. The SMILES string of the molecule is CC(C)(C)c1cc2c(c(C(C)(C)C)c1)OC(=O)C2c1ccc(OCCOC=O)cc1. The normalized spacial score (nSPS) is 16.1. The van der Waals surface area contributed by atoms with Gasteiger partial charge in [-0.05, 0) is 34.1 Å². The molecule has 1 aliphatic heterocycles. The van der Waals surface area contributed by atoms with E-state index in [1.165, 1.54) is 5.56 Å². The van der Waals surface area contributed by atoms with Crippen molar-refractivity contribution in [2.45, 2.75) is 58.3 Å². The highest BCUT2D eigenvalue weighted by Gasteiger charge is 2.39. The van der Waals surface area contributed by atoms with Crippen LogP contribution in [0.3, 0.4) is 0 Å². The van der Waals surface area contributed by atoms with Crippen LogP contribution in [0.2, 0.25) is 0 Å². The number of benzene rings is 2. The van der Waals surface area contributed by atoms with Crippen LogP contribution in [-0.4, -0.2) is 25.7 Å². The lowest BCUT2D eigenvalue weighted by molar-refractivity contribution is -0.133. The largest absolute Gasteiger partial charge is 0.490 e. The van der Waals surface area contributed by atoms with Gasteiger partial charge in [0.25, 0.3) is 6.47 Å². The molecule has 1 atom stereocenters. The summed E-state index contributed by atoms with van der Waals surface area (Å²) >= 11 is 0. The van der Waals surface area contributed by atoms with Crippen LogP contribution in [0.4, 0.5) is 0 Å². The van der Waals surface area contributed by atoms with Crippen molar-refractivity contribution < 1.29 is 23.8 Å². The Kier molecular flexibility index (Phi) is 5.93. The average Bonchev–Trinajstić information content (AvgIpc) is 2.99. The molecule has 0 radical (unpaired) electrons. The Morgan fingerprint density at radius 2 is 1.63 bits per heavy atom. The van der Waals surface area contributed by atoms with Crippen LogP contribution < -0.4 is 9.47 Å². The quantitative estimate of drug-likeness (QED) is 0.294. The number of esters is 1. The fourth-order valence-electron chi connectivity index (χ4n) is 3.58. The Balaban J connectivity index is 1.98. The van der Waals surface area contributed by atoms with E-state index in [2.05, 4.69) is 58.4 Å². The number of fused-ring (bicyclic) bond motifs is 1. The zero-order valence-corrected chi connectivity index (χ0v) is 18.6. The van der Waals surface area contributed by atoms with E-state index in [1.54, 1.807) is 0 Å². The topological polar surface area (TPSA) is 61.8 Å². The summed E-state index contributed by atoms with van der Waals surface area (Å²) in [7, 11) is 0. The van der Waals surface area contributed by atoms with Gasteiger partial charge in [-0.15, -0.1) is 0 Å². The number of ether oxygens (including phenoxy) is 3. The molecule has 0 spiro atoms. The molecule has 5 heteroatoms. The van der Waals surface area contributed by atoms with E-state index >= 15 is 0 Å². The molecule has 0 saturated carbocycles. The minimum Gasteiger partial charge on any atom is -0.490 e. The van der Waals surface area contributed by atoms with Crippen LogP contribution in [0.15, 0.2) is 36.4 Å². The van der Waals surface area contributed by atoms with Crippen LogP contribution in [0, 0.1) is 0 Å². The van der Waals surface area contributed by atoms with Gasteiger partial charge in [-0.1, -0.05) is 65.8 Å². The lowest BCUT2D eigenvalue weighted by Gasteiger charge is -2.27. The Morgan fingerprint density at radius 1 is 0.967 bits per heavy atom. The van der Waals surface area contributed by atoms with Crippen molar-refractivity contribution in [2.24, 2.45) is 0 Å². The second-order valence-electron chi connectivity index (χ2n) is 9.68. The maximum atomic E-state index is 12.9. The van der Waals surface area contributed by atoms with Crippen LogP contribution in [0.5, 0.6) is 11.5 Å². The van der Waals surface area contributed by atoms with Crippen LogP contribution >= 0.6 is 0 Å². The lowest BCUT2D eigenvalue weighted by atomic mass is 9.77. The number of carbonyl (C=O) groups excluding carboxylic acids is 2. The molecule has 0 aromatic heterocycles. The maximum Gasteiger partial charge on any atom is 0.323 e. The molecule has 0 N–H and O–H groups in total. The van der Waals surface area contributed by atoms with Gasteiger partial charge in [-0.2, -0.15) is 0 Å². The van der Waals surface area contributed by atoms with Gasteiger partial charge in [-0.25, -0.2) is 0 Å². The fourth-order valence-corrected chi connectivity index (χ4v) is 3.58. The van der Waals surface area contributed by atoms with Crippen LogP contribution in [0.25, 0.3) is 0 Å². The second-order valence-corrected chi connectivity index (χ2v) is 9.68. The van der Waals surface area contributed by atoms with Crippen molar-refractivity contribution in [3.05, 3.63) is 58.7 Å². The molecule has 1 heterocycles. The molecule has 0 amide bonds. The summed E-state index contributed by atoms with van der Waals surface area (Å²) in [5.41, 5.74) is 3.82. The predicted molar refractivity (Wildman–Crippen MR) is 115 cm³/mol. The van der Waals surface area contributed by atoms with Crippen LogP contribution in [0.1, 0.15) is 69.7 Å². The summed E-state index contributed by atoms with van der Waals surface area (Å²) in [6.45, 7) is 13.8. The third kappa shape index (κ3) is 4.50. The minimum atomic E-state index is -0.462. The summed E-state index contributed by atoms with van der Waals surface area (Å²) in [5, 5.41) is 0. The molecule has 0 bridgehead atoms. The Hall–Kier alpha value is -2.82. The number of hydrogen-bond acceptors (Lipinski definition) is 5. The van der Waals surface area contributed by atoms with Crippen molar-refractivity contribution in [1.82, 2.24) is 0 Å². The first kappa shape index (κ1) is 21.9. The van der Waals surface area contributed by atoms with E-state index in [0.29, 0.717) is 18.0 Å². The first-order chi connectivity index (χ1) is 14.0. The third-order valence-electron chi connectivity index (χ3n) is 5.29. The molecule has 0 fully saturated rings. The highest BCUT2D eigenvalue weighted by Crippen LogP contribution is 2.47. The fraction of sp³-hybridized carbons (Fsp3) is 0.440. The highest BCUT2D eigenvalue weighted by molar-refractivity contribution is 5.90. The van der Waals surface area contributed by atoms with E-state index in [9.17, 15) is 9.59 Å². The molecule has 1 aliphatic rings. The summed E-state index contributed by atoms with van der Waals surface area (Å²) in [6.07, 6.45) is 0. The molecule has 2 aromatic carbocycles. The summed E-state index contributed by atoms with van der Waals surface area (Å²) in [6, 6.07) is 11.7. The highest BCUT2D eigenvalue weighted by atomic mass is 16.5. The molecule has 3 rings (SSSR count). The first-order valence-corrected chi connectivity index (χ1v) is 10.2.